The number of carbonyl (C=O) groups excluding carboxylic acids is 1. The molecule has 0 fully saturated rings. The summed E-state index contributed by atoms with van der Waals surface area (Å²) in [6.07, 6.45) is 1.41. The Labute approximate surface area is 126 Å². The molecule has 0 aliphatic rings. The number of hydrogen-bond donors (Lipinski definition) is 0. The van der Waals surface area contributed by atoms with E-state index in [-0.39, 0.29) is 17.0 Å². The summed E-state index contributed by atoms with van der Waals surface area (Å²) in [6.45, 7) is 0. The van der Waals surface area contributed by atoms with Gasteiger partial charge >= 0.3 is 5.97 Å². The van der Waals surface area contributed by atoms with Crippen molar-refractivity contribution in [1.29, 1.82) is 5.26 Å². The molecule has 0 saturated heterocycles. The first-order valence-electron chi connectivity index (χ1n) is 6.23. The van der Waals surface area contributed by atoms with Crippen LogP contribution in [0, 0.1) is 21.4 Å². The number of nitro benzene ring substituents is 1. The van der Waals surface area contributed by atoms with Crippen LogP contribution in [0.25, 0.3) is 6.08 Å². The van der Waals surface area contributed by atoms with Crippen LogP contribution < -0.4 is 4.74 Å². The largest absolute Gasteiger partial charge is 0.422 e. The van der Waals surface area contributed by atoms with Gasteiger partial charge in [-0.15, -0.1) is 0 Å². The van der Waals surface area contributed by atoms with E-state index in [0.717, 1.165) is 0 Å². The summed E-state index contributed by atoms with van der Waals surface area (Å²) in [5.74, 6) is -0.690. The average molecular weight is 294 g/mol. The zero-order valence-electron chi connectivity index (χ0n) is 11.3. The zero-order valence-corrected chi connectivity index (χ0v) is 11.3. The van der Waals surface area contributed by atoms with E-state index in [9.17, 15) is 14.9 Å². The third-order valence-electron chi connectivity index (χ3n) is 2.71. The first-order chi connectivity index (χ1) is 10.6. The van der Waals surface area contributed by atoms with Crippen molar-refractivity contribution in [2.75, 3.05) is 0 Å². The van der Waals surface area contributed by atoms with Crippen LogP contribution in [0.1, 0.15) is 5.56 Å². The number of nitrogens with zero attached hydrogens (tertiary/aromatic N) is 2. The number of benzene rings is 2. The van der Waals surface area contributed by atoms with Crippen LogP contribution in [0.15, 0.2) is 60.2 Å². The summed E-state index contributed by atoms with van der Waals surface area (Å²) < 4.78 is 5.02. The minimum absolute atomic E-state index is 0.111. The highest BCUT2D eigenvalue weighted by Gasteiger charge is 2.13. The van der Waals surface area contributed by atoms with Gasteiger partial charge in [-0.1, -0.05) is 30.3 Å². The highest BCUT2D eigenvalue weighted by Crippen LogP contribution is 2.18. The normalized spacial score (nSPS) is 10.6. The molecule has 2 aromatic carbocycles. The van der Waals surface area contributed by atoms with Crippen molar-refractivity contribution < 1.29 is 14.5 Å². The number of nitriles is 1. The fraction of sp³-hybridized carbons (Fsp3) is 0. The van der Waals surface area contributed by atoms with Crippen molar-refractivity contribution in [3.63, 3.8) is 0 Å². The highest BCUT2D eigenvalue weighted by molar-refractivity contribution is 5.99. The van der Waals surface area contributed by atoms with E-state index in [2.05, 4.69) is 0 Å². The SMILES string of the molecule is N#C/C(=C\c1ccccc1)C(=O)Oc1ccc([N+](=O)[O-])cc1. The summed E-state index contributed by atoms with van der Waals surface area (Å²) in [5, 5.41) is 19.6. The molecule has 0 N–H and O–H groups in total. The Morgan fingerprint density at radius 2 is 1.77 bits per heavy atom. The minimum Gasteiger partial charge on any atom is -0.422 e. The van der Waals surface area contributed by atoms with Crippen molar-refractivity contribution in [3.05, 3.63) is 75.8 Å². The molecule has 0 heterocycles. The van der Waals surface area contributed by atoms with Gasteiger partial charge in [-0.05, 0) is 23.8 Å². The predicted octanol–water partition coefficient (Wildman–Crippen LogP) is 3.11. The molecule has 22 heavy (non-hydrogen) atoms. The van der Waals surface area contributed by atoms with E-state index in [4.69, 9.17) is 10.00 Å². The highest BCUT2D eigenvalue weighted by atomic mass is 16.6. The van der Waals surface area contributed by atoms with Crippen LogP contribution in [0.4, 0.5) is 5.69 Å². The zero-order chi connectivity index (χ0) is 15.9. The molecule has 6 heteroatoms. The van der Waals surface area contributed by atoms with Crippen molar-refractivity contribution in [2.45, 2.75) is 0 Å². The van der Waals surface area contributed by atoms with Crippen molar-refractivity contribution >= 4 is 17.7 Å². The summed E-state index contributed by atoms with van der Waals surface area (Å²) in [7, 11) is 0. The number of carbonyl (C=O) groups is 1. The number of non-ortho nitro benzene ring substituents is 1. The minimum atomic E-state index is -0.819. The monoisotopic (exact) mass is 294 g/mol. The molecule has 2 rings (SSSR count). The van der Waals surface area contributed by atoms with Crippen molar-refractivity contribution in [2.24, 2.45) is 0 Å². The first-order valence-corrected chi connectivity index (χ1v) is 6.23. The lowest BCUT2D eigenvalue weighted by molar-refractivity contribution is -0.384. The molecule has 0 amide bonds. The van der Waals surface area contributed by atoms with Crippen LogP contribution >= 0.6 is 0 Å². The second-order valence-corrected chi connectivity index (χ2v) is 4.22. The lowest BCUT2D eigenvalue weighted by atomic mass is 10.1. The van der Waals surface area contributed by atoms with Crippen LogP contribution in [0.5, 0.6) is 5.75 Å². The van der Waals surface area contributed by atoms with Gasteiger partial charge in [0, 0.05) is 12.1 Å². The number of esters is 1. The van der Waals surface area contributed by atoms with Gasteiger partial charge in [0.1, 0.15) is 17.4 Å². The second-order valence-electron chi connectivity index (χ2n) is 4.22. The van der Waals surface area contributed by atoms with Crippen LogP contribution in [0.2, 0.25) is 0 Å². The molecule has 108 valence electrons. The van der Waals surface area contributed by atoms with Gasteiger partial charge in [-0.3, -0.25) is 10.1 Å². The molecule has 0 atom stereocenters. The smallest absolute Gasteiger partial charge is 0.354 e. The molecule has 0 aliphatic heterocycles. The topological polar surface area (TPSA) is 93.2 Å². The quantitative estimate of drug-likeness (QED) is 0.216. The molecular weight excluding hydrogens is 284 g/mol. The Morgan fingerprint density at radius 3 is 2.32 bits per heavy atom. The standard InChI is InChI=1S/C16H10N2O4/c17-11-13(10-12-4-2-1-3-5-12)16(19)22-15-8-6-14(7-9-15)18(20)21/h1-10H/b13-10+. The summed E-state index contributed by atoms with van der Waals surface area (Å²) >= 11 is 0. The Hall–Kier alpha value is -3.46. The lowest BCUT2D eigenvalue weighted by Crippen LogP contribution is -2.10. The van der Waals surface area contributed by atoms with E-state index in [0.29, 0.717) is 5.56 Å². The fourth-order valence-corrected chi connectivity index (χ4v) is 1.65. The number of nitro groups is 1. The average Bonchev–Trinajstić information content (AvgIpc) is 2.54. The van der Waals surface area contributed by atoms with Crippen LogP contribution in [-0.2, 0) is 4.79 Å². The fourth-order valence-electron chi connectivity index (χ4n) is 1.65. The summed E-state index contributed by atoms with van der Waals surface area (Å²) in [5.41, 5.74) is 0.421. The summed E-state index contributed by atoms with van der Waals surface area (Å²) in [4.78, 5) is 21.9. The third kappa shape index (κ3) is 3.77. The van der Waals surface area contributed by atoms with E-state index in [1.54, 1.807) is 30.3 Å². The van der Waals surface area contributed by atoms with E-state index >= 15 is 0 Å². The van der Waals surface area contributed by atoms with Gasteiger partial charge < -0.3 is 4.74 Å². The maximum absolute atomic E-state index is 11.9. The summed E-state index contributed by atoms with van der Waals surface area (Å²) in [6, 6.07) is 15.7. The molecule has 0 aromatic heterocycles. The van der Waals surface area contributed by atoms with Crippen molar-refractivity contribution in [1.82, 2.24) is 0 Å². The molecule has 0 saturated carbocycles. The number of rotatable bonds is 4. The molecule has 2 aromatic rings. The van der Waals surface area contributed by atoms with E-state index in [1.807, 2.05) is 6.07 Å². The maximum Gasteiger partial charge on any atom is 0.354 e. The lowest BCUT2D eigenvalue weighted by Gasteiger charge is -2.03. The molecule has 0 bridgehead atoms. The van der Waals surface area contributed by atoms with Crippen molar-refractivity contribution in [3.8, 4) is 11.8 Å². The Morgan fingerprint density at radius 1 is 1.14 bits per heavy atom. The Bertz CT molecular complexity index is 759. The molecular formula is C16H10N2O4. The van der Waals surface area contributed by atoms with Gasteiger partial charge in [-0.2, -0.15) is 5.26 Å². The van der Waals surface area contributed by atoms with Crippen LogP contribution in [0.3, 0.4) is 0 Å². The van der Waals surface area contributed by atoms with E-state index in [1.165, 1.54) is 30.3 Å². The number of hydrogen-bond acceptors (Lipinski definition) is 5. The Balaban J connectivity index is 2.15. The van der Waals surface area contributed by atoms with Crippen LogP contribution in [-0.4, -0.2) is 10.9 Å². The van der Waals surface area contributed by atoms with E-state index < -0.39 is 10.9 Å². The molecule has 0 spiro atoms. The van der Waals surface area contributed by atoms with Gasteiger partial charge in [0.15, 0.2) is 0 Å². The van der Waals surface area contributed by atoms with Gasteiger partial charge in [0.25, 0.3) is 5.69 Å². The predicted molar refractivity (Wildman–Crippen MR) is 78.8 cm³/mol. The van der Waals surface area contributed by atoms with Gasteiger partial charge in [-0.25, -0.2) is 4.79 Å². The molecule has 0 radical (unpaired) electrons. The second kappa shape index (κ2) is 6.81. The third-order valence-corrected chi connectivity index (χ3v) is 2.71. The maximum atomic E-state index is 11.9. The first kappa shape index (κ1) is 14.9. The molecule has 0 aliphatic carbocycles. The number of ether oxygens (including phenoxy) is 1. The molecule has 6 nitrogen and oxygen atoms in total. The Kier molecular flexibility index (Phi) is 4.63. The van der Waals surface area contributed by atoms with Gasteiger partial charge in [0.2, 0.25) is 0 Å². The molecule has 0 unspecified atom stereocenters. The van der Waals surface area contributed by atoms with Gasteiger partial charge in [0.05, 0.1) is 4.92 Å².